The van der Waals surface area contributed by atoms with Crippen molar-refractivity contribution in [2.75, 3.05) is 18.1 Å². The third-order valence-electron chi connectivity index (χ3n) is 3.27. The van der Waals surface area contributed by atoms with E-state index in [4.69, 9.17) is 5.11 Å². The Morgan fingerprint density at radius 2 is 1.90 bits per heavy atom. The Kier molecular flexibility index (Phi) is 5.44. The van der Waals surface area contributed by atoms with Gasteiger partial charge in [-0.15, -0.1) is 0 Å². The maximum absolute atomic E-state index is 11.7. The molecule has 0 radical (unpaired) electrons. The molecule has 0 bridgehead atoms. The van der Waals surface area contributed by atoms with Crippen molar-refractivity contribution in [3.05, 3.63) is 48.0 Å². The van der Waals surface area contributed by atoms with Crippen LogP contribution in [0.3, 0.4) is 0 Å². The van der Waals surface area contributed by atoms with Crippen LogP contribution in [0, 0.1) is 5.92 Å². The maximum atomic E-state index is 11.7. The van der Waals surface area contributed by atoms with Gasteiger partial charge in [0.1, 0.15) is 6.29 Å². The van der Waals surface area contributed by atoms with Gasteiger partial charge < -0.3 is 9.90 Å². The van der Waals surface area contributed by atoms with E-state index in [-0.39, 0.29) is 18.3 Å². The molecule has 2 aromatic rings. The Balaban J connectivity index is 2.17. The first-order chi connectivity index (χ1) is 9.74. The van der Waals surface area contributed by atoms with E-state index >= 15 is 0 Å². The highest BCUT2D eigenvalue weighted by Gasteiger charge is 2.14. The van der Waals surface area contributed by atoms with E-state index in [1.54, 1.807) is 0 Å². The number of aldehydes is 1. The van der Waals surface area contributed by atoms with Crippen molar-refractivity contribution >= 4 is 27.9 Å². The number of benzene rings is 2. The Labute approximate surface area is 121 Å². The van der Waals surface area contributed by atoms with E-state index in [0.717, 1.165) is 22.6 Å². The van der Waals surface area contributed by atoms with Gasteiger partial charge in [-0.1, -0.05) is 42.5 Å². The molecule has 0 heterocycles. The first kappa shape index (κ1) is 14.9. The quantitative estimate of drug-likeness (QED) is 0.793. The van der Waals surface area contributed by atoms with Gasteiger partial charge in [0.25, 0.3) is 0 Å². The maximum Gasteiger partial charge on any atom is 0.124 e. The van der Waals surface area contributed by atoms with Crippen LogP contribution in [0.2, 0.25) is 0 Å². The van der Waals surface area contributed by atoms with Gasteiger partial charge in [-0.05, 0) is 22.8 Å². The fourth-order valence-electron chi connectivity index (χ4n) is 2.32. The van der Waals surface area contributed by atoms with Gasteiger partial charge in [0.15, 0.2) is 0 Å². The van der Waals surface area contributed by atoms with Crippen molar-refractivity contribution in [2.24, 2.45) is 5.92 Å². The van der Waals surface area contributed by atoms with Crippen molar-refractivity contribution in [1.29, 1.82) is 0 Å². The minimum absolute atomic E-state index is 0.105. The van der Waals surface area contributed by atoms with Gasteiger partial charge in [0.05, 0.1) is 6.61 Å². The van der Waals surface area contributed by atoms with Crippen LogP contribution >= 0.6 is 0 Å². The number of aliphatic hydroxyl groups is 1. The summed E-state index contributed by atoms with van der Waals surface area (Å²) in [6.07, 6.45) is 1.46. The number of carbonyl (C=O) groups is 1. The van der Waals surface area contributed by atoms with Crippen LogP contribution in [-0.4, -0.2) is 33.7 Å². The minimum atomic E-state index is -1.14. The molecule has 4 heteroatoms. The molecule has 2 unspecified atom stereocenters. The molecular formula is C16H18O3S. The predicted octanol–water partition coefficient (Wildman–Crippen LogP) is 1.94. The largest absolute Gasteiger partial charge is 0.395 e. The molecule has 0 aliphatic carbocycles. The van der Waals surface area contributed by atoms with Crippen molar-refractivity contribution in [3.63, 3.8) is 0 Å². The molecule has 0 spiro atoms. The summed E-state index contributed by atoms with van der Waals surface area (Å²) in [6.45, 7) is -0.105. The van der Waals surface area contributed by atoms with Gasteiger partial charge in [0.2, 0.25) is 0 Å². The monoisotopic (exact) mass is 290 g/mol. The molecule has 0 aliphatic rings. The lowest BCUT2D eigenvalue weighted by Crippen LogP contribution is -2.18. The first-order valence-electron chi connectivity index (χ1n) is 6.62. The highest BCUT2D eigenvalue weighted by molar-refractivity contribution is 7.85. The van der Waals surface area contributed by atoms with E-state index in [1.165, 1.54) is 0 Å². The molecule has 106 valence electrons. The van der Waals surface area contributed by atoms with Crippen LogP contribution < -0.4 is 0 Å². The zero-order valence-corrected chi connectivity index (χ0v) is 12.0. The number of hydrogen-bond acceptors (Lipinski definition) is 3. The van der Waals surface area contributed by atoms with Crippen molar-refractivity contribution in [2.45, 2.75) is 6.42 Å². The zero-order valence-electron chi connectivity index (χ0n) is 11.2. The van der Waals surface area contributed by atoms with Crippen LogP contribution in [0.1, 0.15) is 5.56 Å². The highest BCUT2D eigenvalue weighted by atomic mass is 32.2. The second kappa shape index (κ2) is 7.31. The van der Waals surface area contributed by atoms with Gasteiger partial charge in [-0.2, -0.15) is 0 Å². The van der Waals surface area contributed by atoms with E-state index in [9.17, 15) is 9.00 Å². The molecule has 0 saturated carbocycles. The summed E-state index contributed by atoms with van der Waals surface area (Å²) >= 11 is 0. The summed E-state index contributed by atoms with van der Waals surface area (Å²) in [4.78, 5) is 11.2. The average molecular weight is 290 g/mol. The second-order valence-corrected chi connectivity index (χ2v) is 6.39. The lowest BCUT2D eigenvalue weighted by molar-refractivity contribution is -0.110. The summed E-state index contributed by atoms with van der Waals surface area (Å²) in [6, 6.07) is 14.1. The van der Waals surface area contributed by atoms with E-state index in [0.29, 0.717) is 12.2 Å². The summed E-state index contributed by atoms with van der Waals surface area (Å²) in [5.41, 5.74) is 1.10. The molecule has 3 nitrogen and oxygen atoms in total. The second-order valence-electron chi connectivity index (χ2n) is 4.77. The first-order valence-corrected chi connectivity index (χ1v) is 8.11. The van der Waals surface area contributed by atoms with E-state index in [1.807, 2.05) is 42.5 Å². The number of fused-ring (bicyclic) bond motifs is 1. The van der Waals surface area contributed by atoms with Crippen LogP contribution in [-0.2, 0) is 22.0 Å². The third-order valence-corrected chi connectivity index (χ3v) is 4.71. The Hall–Kier alpha value is -1.52. The molecule has 2 rings (SSSR count). The fraction of sp³-hybridized carbons (Fsp3) is 0.312. The lowest BCUT2D eigenvalue weighted by Gasteiger charge is -2.12. The van der Waals surface area contributed by atoms with Gasteiger partial charge in [0, 0.05) is 28.2 Å². The summed E-state index contributed by atoms with van der Waals surface area (Å²) < 4.78 is 11.7. The van der Waals surface area contributed by atoms with Crippen molar-refractivity contribution in [1.82, 2.24) is 0 Å². The fourth-order valence-corrected chi connectivity index (χ4v) is 3.37. The SMILES string of the molecule is O=CC(Cc1cccc2ccccc12)CS(=O)CCO. The van der Waals surface area contributed by atoms with Crippen molar-refractivity contribution in [3.8, 4) is 0 Å². The molecule has 2 atom stereocenters. The highest BCUT2D eigenvalue weighted by Crippen LogP contribution is 2.21. The molecule has 2 aromatic carbocycles. The molecule has 1 N–H and O–H groups in total. The number of carbonyl (C=O) groups excluding carboxylic acids is 1. The Morgan fingerprint density at radius 1 is 1.15 bits per heavy atom. The van der Waals surface area contributed by atoms with Crippen LogP contribution in [0.15, 0.2) is 42.5 Å². The summed E-state index contributed by atoms with van der Waals surface area (Å²) in [5.74, 6) is 0.279. The Morgan fingerprint density at radius 3 is 2.65 bits per heavy atom. The summed E-state index contributed by atoms with van der Waals surface area (Å²) in [7, 11) is -1.14. The molecule has 0 aromatic heterocycles. The van der Waals surface area contributed by atoms with E-state index in [2.05, 4.69) is 0 Å². The predicted molar refractivity (Wildman–Crippen MR) is 82.2 cm³/mol. The molecule has 0 fully saturated rings. The Bertz CT molecular complexity index is 604. The van der Waals surface area contributed by atoms with Gasteiger partial charge >= 0.3 is 0 Å². The molecular weight excluding hydrogens is 272 g/mol. The number of aliphatic hydroxyl groups excluding tert-OH is 1. The molecule has 0 aliphatic heterocycles. The minimum Gasteiger partial charge on any atom is -0.395 e. The zero-order chi connectivity index (χ0) is 14.4. The van der Waals surface area contributed by atoms with Crippen molar-refractivity contribution < 1.29 is 14.1 Å². The van der Waals surface area contributed by atoms with Crippen LogP contribution in [0.4, 0.5) is 0 Å². The number of rotatable bonds is 7. The smallest absolute Gasteiger partial charge is 0.124 e. The molecule has 0 saturated heterocycles. The third kappa shape index (κ3) is 3.74. The molecule has 0 amide bonds. The topological polar surface area (TPSA) is 54.4 Å². The lowest BCUT2D eigenvalue weighted by atomic mass is 9.97. The standard InChI is InChI=1S/C16H18O3S/c17-8-9-20(19)12-13(11-18)10-15-6-3-5-14-4-1-2-7-16(14)15/h1-7,11,13,17H,8-10,12H2. The normalized spacial score (nSPS) is 14.1. The van der Waals surface area contributed by atoms with Crippen LogP contribution in [0.25, 0.3) is 10.8 Å². The van der Waals surface area contributed by atoms with E-state index < -0.39 is 10.8 Å². The van der Waals surface area contributed by atoms with Crippen LogP contribution in [0.5, 0.6) is 0 Å². The number of hydrogen-bond donors (Lipinski definition) is 1. The van der Waals surface area contributed by atoms with Gasteiger partial charge in [-0.3, -0.25) is 4.21 Å². The summed E-state index contributed by atoms with van der Waals surface area (Å²) in [5, 5.41) is 11.1. The van der Waals surface area contributed by atoms with Gasteiger partial charge in [-0.25, -0.2) is 0 Å². The average Bonchev–Trinajstić information content (AvgIpc) is 2.47. The molecule has 20 heavy (non-hydrogen) atoms.